The second-order valence-electron chi connectivity index (χ2n) is 3.73. The highest BCUT2D eigenvalue weighted by atomic mass is 16.3. The van der Waals surface area contributed by atoms with E-state index in [1.165, 1.54) is 19.3 Å². The van der Waals surface area contributed by atoms with E-state index in [1.54, 1.807) is 0 Å². The second kappa shape index (κ2) is 4.07. The Morgan fingerprint density at radius 2 is 2.09 bits per heavy atom. The zero-order valence-corrected chi connectivity index (χ0v) is 7.58. The van der Waals surface area contributed by atoms with Crippen LogP contribution < -0.4 is 0 Å². The molecule has 2 heteroatoms. The van der Waals surface area contributed by atoms with Crippen molar-refractivity contribution in [2.24, 2.45) is 5.92 Å². The number of rotatable bonds is 4. The molecular formula is C9H19NO. The lowest BCUT2D eigenvalue weighted by Gasteiger charge is -2.37. The Balaban J connectivity index is 2.31. The van der Waals surface area contributed by atoms with Crippen LogP contribution >= 0.6 is 0 Å². The van der Waals surface area contributed by atoms with Gasteiger partial charge in [0.05, 0.1) is 0 Å². The molecule has 1 saturated carbocycles. The normalized spacial score (nSPS) is 21.8. The summed E-state index contributed by atoms with van der Waals surface area (Å²) in [5, 5.41) is 8.83. The van der Waals surface area contributed by atoms with Gasteiger partial charge in [-0.25, -0.2) is 0 Å². The van der Waals surface area contributed by atoms with Gasteiger partial charge in [0, 0.05) is 12.6 Å². The third kappa shape index (κ3) is 2.17. The smallest absolute Gasteiger partial charge is 0.0446 e. The van der Waals surface area contributed by atoms with Gasteiger partial charge in [0.1, 0.15) is 0 Å². The third-order valence-electron chi connectivity index (χ3n) is 2.78. The number of aliphatic hydroxyl groups is 1. The van der Waals surface area contributed by atoms with Gasteiger partial charge in [0.25, 0.3) is 0 Å². The van der Waals surface area contributed by atoms with E-state index in [1.807, 2.05) is 0 Å². The van der Waals surface area contributed by atoms with E-state index in [0.717, 1.165) is 12.3 Å². The van der Waals surface area contributed by atoms with Crippen LogP contribution in [0.3, 0.4) is 0 Å². The van der Waals surface area contributed by atoms with Gasteiger partial charge in [0.15, 0.2) is 0 Å². The summed E-state index contributed by atoms with van der Waals surface area (Å²) in [4.78, 5) is 2.25. The second-order valence-corrected chi connectivity index (χ2v) is 3.73. The fourth-order valence-electron chi connectivity index (χ4n) is 1.87. The summed E-state index contributed by atoms with van der Waals surface area (Å²) < 4.78 is 0. The van der Waals surface area contributed by atoms with Crippen molar-refractivity contribution < 1.29 is 5.11 Å². The largest absolute Gasteiger partial charge is 0.396 e. The first-order valence-electron chi connectivity index (χ1n) is 4.53. The highest BCUT2D eigenvalue weighted by Gasteiger charge is 2.27. The highest BCUT2D eigenvalue weighted by molar-refractivity contribution is 4.82. The standard InChI is InChI=1S/C9H19NO/c1-10(2)9(6-7-11)8-4-3-5-8/h8-9,11H,3-7H2,1-2H3. The Kier molecular flexibility index (Phi) is 3.34. The first kappa shape index (κ1) is 9.01. The van der Waals surface area contributed by atoms with Crippen LogP contribution in [0.25, 0.3) is 0 Å². The van der Waals surface area contributed by atoms with E-state index in [0.29, 0.717) is 12.6 Å². The third-order valence-corrected chi connectivity index (χ3v) is 2.78. The van der Waals surface area contributed by atoms with Crippen LogP contribution in [0, 0.1) is 5.92 Å². The van der Waals surface area contributed by atoms with Crippen molar-refractivity contribution in [3.63, 3.8) is 0 Å². The van der Waals surface area contributed by atoms with Crippen LogP contribution in [0.15, 0.2) is 0 Å². The van der Waals surface area contributed by atoms with Gasteiger partial charge in [-0.3, -0.25) is 0 Å². The van der Waals surface area contributed by atoms with Gasteiger partial charge in [-0.1, -0.05) is 6.42 Å². The zero-order valence-electron chi connectivity index (χ0n) is 7.58. The molecule has 0 amide bonds. The molecule has 0 bridgehead atoms. The number of hydrogen-bond donors (Lipinski definition) is 1. The predicted molar refractivity (Wildman–Crippen MR) is 46.5 cm³/mol. The number of aliphatic hydroxyl groups excluding tert-OH is 1. The van der Waals surface area contributed by atoms with Gasteiger partial charge in [-0.05, 0) is 39.3 Å². The van der Waals surface area contributed by atoms with E-state index >= 15 is 0 Å². The van der Waals surface area contributed by atoms with Crippen molar-refractivity contribution in [3.05, 3.63) is 0 Å². The van der Waals surface area contributed by atoms with Crippen molar-refractivity contribution in [2.45, 2.75) is 31.7 Å². The molecule has 0 aromatic rings. The van der Waals surface area contributed by atoms with E-state index in [-0.39, 0.29) is 0 Å². The van der Waals surface area contributed by atoms with E-state index in [4.69, 9.17) is 5.11 Å². The molecule has 2 nitrogen and oxygen atoms in total. The minimum absolute atomic E-state index is 0.333. The lowest BCUT2D eigenvalue weighted by atomic mass is 9.78. The SMILES string of the molecule is CN(C)C(CCO)C1CCC1. The Morgan fingerprint density at radius 3 is 2.36 bits per heavy atom. The van der Waals surface area contributed by atoms with Crippen LogP contribution in [-0.2, 0) is 0 Å². The molecular weight excluding hydrogens is 138 g/mol. The first-order valence-corrected chi connectivity index (χ1v) is 4.53. The minimum Gasteiger partial charge on any atom is -0.396 e. The molecule has 1 N–H and O–H groups in total. The van der Waals surface area contributed by atoms with Gasteiger partial charge in [0.2, 0.25) is 0 Å². The number of nitrogens with zero attached hydrogens (tertiary/aromatic N) is 1. The van der Waals surface area contributed by atoms with Crippen LogP contribution in [0.1, 0.15) is 25.7 Å². The maximum absolute atomic E-state index is 8.83. The maximum Gasteiger partial charge on any atom is 0.0446 e. The zero-order chi connectivity index (χ0) is 8.27. The molecule has 66 valence electrons. The van der Waals surface area contributed by atoms with Crippen molar-refractivity contribution in [1.29, 1.82) is 0 Å². The minimum atomic E-state index is 0.333. The molecule has 0 saturated heterocycles. The monoisotopic (exact) mass is 157 g/mol. The Labute approximate surface area is 69.2 Å². The average Bonchev–Trinajstić information content (AvgIpc) is 1.82. The average molecular weight is 157 g/mol. The fourth-order valence-corrected chi connectivity index (χ4v) is 1.87. The van der Waals surface area contributed by atoms with Crippen molar-refractivity contribution in [3.8, 4) is 0 Å². The van der Waals surface area contributed by atoms with E-state index < -0.39 is 0 Å². The molecule has 11 heavy (non-hydrogen) atoms. The summed E-state index contributed by atoms with van der Waals surface area (Å²) in [5.41, 5.74) is 0. The lowest BCUT2D eigenvalue weighted by Crippen LogP contribution is -2.39. The van der Waals surface area contributed by atoms with Crippen LogP contribution in [0.2, 0.25) is 0 Å². The summed E-state index contributed by atoms with van der Waals surface area (Å²) in [5.74, 6) is 0.858. The Hall–Kier alpha value is -0.0800. The molecule has 1 unspecified atom stereocenters. The summed E-state index contributed by atoms with van der Waals surface area (Å²) in [7, 11) is 4.22. The van der Waals surface area contributed by atoms with E-state index in [9.17, 15) is 0 Å². The quantitative estimate of drug-likeness (QED) is 0.660. The molecule has 0 aromatic carbocycles. The molecule has 1 fully saturated rings. The predicted octanol–water partition coefficient (Wildman–Crippen LogP) is 1.10. The summed E-state index contributed by atoms with van der Waals surface area (Å²) in [6.07, 6.45) is 5.06. The van der Waals surface area contributed by atoms with Gasteiger partial charge >= 0.3 is 0 Å². The Morgan fingerprint density at radius 1 is 1.45 bits per heavy atom. The summed E-state index contributed by atoms with van der Waals surface area (Å²) in [6, 6.07) is 0.619. The molecule has 1 rings (SSSR count). The molecule has 0 aromatic heterocycles. The van der Waals surface area contributed by atoms with Crippen LogP contribution in [-0.4, -0.2) is 36.8 Å². The molecule has 0 heterocycles. The number of hydrogen-bond acceptors (Lipinski definition) is 2. The highest BCUT2D eigenvalue weighted by Crippen LogP contribution is 2.32. The lowest BCUT2D eigenvalue weighted by molar-refractivity contribution is 0.111. The molecule has 1 aliphatic rings. The van der Waals surface area contributed by atoms with Gasteiger partial charge < -0.3 is 10.0 Å². The van der Waals surface area contributed by atoms with Gasteiger partial charge in [-0.15, -0.1) is 0 Å². The topological polar surface area (TPSA) is 23.5 Å². The molecule has 1 aliphatic carbocycles. The molecule has 0 radical (unpaired) electrons. The van der Waals surface area contributed by atoms with Crippen molar-refractivity contribution >= 4 is 0 Å². The first-order chi connectivity index (χ1) is 5.25. The summed E-state index contributed by atoms with van der Waals surface area (Å²) in [6.45, 7) is 0.333. The molecule has 1 atom stereocenters. The van der Waals surface area contributed by atoms with Gasteiger partial charge in [-0.2, -0.15) is 0 Å². The van der Waals surface area contributed by atoms with Crippen molar-refractivity contribution in [1.82, 2.24) is 4.90 Å². The summed E-state index contributed by atoms with van der Waals surface area (Å²) >= 11 is 0. The van der Waals surface area contributed by atoms with Crippen LogP contribution in [0.4, 0.5) is 0 Å². The molecule has 0 spiro atoms. The van der Waals surface area contributed by atoms with Crippen LogP contribution in [0.5, 0.6) is 0 Å². The van der Waals surface area contributed by atoms with E-state index in [2.05, 4.69) is 19.0 Å². The van der Waals surface area contributed by atoms with Crippen molar-refractivity contribution in [2.75, 3.05) is 20.7 Å². The fraction of sp³-hybridized carbons (Fsp3) is 1.00. The maximum atomic E-state index is 8.83. The Bertz CT molecular complexity index is 110. The molecule has 0 aliphatic heterocycles.